The molecule has 0 aliphatic carbocycles. The number of amides is 1. The van der Waals surface area contributed by atoms with Gasteiger partial charge >= 0.3 is 5.97 Å². The van der Waals surface area contributed by atoms with Crippen molar-refractivity contribution in [3.05, 3.63) is 29.8 Å². The first-order valence-electron chi connectivity index (χ1n) is 6.22. The van der Waals surface area contributed by atoms with Gasteiger partial charge < -0.3 is 16.2 Å². The number of para-hydroxylation sites is 1. The van der Waals surface area contributed by atoms with Crippen molar-refractivity contribution in [1.82, 2.24) is 0 Å². The van der Waals surface area contributed by atoms with Gasteiger partial charge in [-0.25, -0.2) is 0 Å². The second-order valence-electron chi connectivity index (χ2n) is 5.07. The third-order valence-corrected chi connectivity index (χ3v) is 4.41. The number of carboxylic acid groups (broad SMARTS) is 1. The normalized spacial score (nSPS) is 12.8. The van der Waals surface area contributed by atoms with Crippen LogP contribution in [0, 0.1) is 6.92 Å². The average molecular weight is 296 g/mol. The van der Waals surface area contributed by atoms with E-state index in [4.69, 9.17) is 10.8 Å². The molecule has 20 heavy (non-hydrogen) atoms. The first-order valence-corrected chi connectivity index (χ1v) is 7.20. The highest BCUT2D eigenvalue weighted by Gasteiger charge is 2.33. The first-order chi connectivity index (χ1) is 9.24. The number of thioether (sulfide) groups is 1. The van der Waals surface area contributed by atoms with Crippen molar-refractivity contribution in [3.8, 4) is 0 Å². The summed E-state index contributed by atoms with van der Waals surface area (Å²) in [6.07, 6.45) is 0. The number of carboxylic acids is 1. The van der Waals surface area contributed by atoms with Crippen LogP contribution in [-0.2, 0) is 9.59 Å². The van der Waals surface area contributed by atoms with Crippen molar-refractivity contribution in [1.29, 1.82) is 0 Å². The summed E-state index contributed by atoms with van der Waals surface area (Å²) in [5.41, 5.74) is 7.35. The van der Waals surface area contributed by atoms with Crippen LogP contribution in [0.15, 0.2) is 24.3 Å². The zero-order chi connectivity index (χ0) is 15.3. The molecule has 1 aromatic rings. The Morgan fingerprint density at radius 2 is 2.00 bits per heavy atom. The number of aryl methyl sites for hydroxylation is 1. The van der Waals surface area contributed by atoms with Crippen LogP contribution in [0.2, 0.25) is 0 Å². The van der Waals surface area contributed by atoms with Gasteiger partial charge in [0.05, 0.1) is 5.75 Å². The minimum Gasteiger partial charge on any atom is -0.480 e. The summed E-state index contributed by atoms with van der Waals surface area (Å²) in [6, 6.07) is 6.46. The van der Waals surface area contributed by atoms with E-state index in [1.165, 1.54) is 11.8 Å². The Bertz CT molecular complexity index is 503. The lowest BCUT2D eigenvalue weighted by molar-refractivity contribution is -0.139. The van der Waals surface area contributed by atoms with E-state index in [9.17, 15) is 9.59 Å². The number of carbonyl (C=O) groups is 2. The van der Waals surface area contributed by atoms with Crippen molar-refractivity contribution in [2.75, 3.05) is 11.1 Å². The summed E-state index contributed by atoms with van der Waals surface area (Å²) >= 11 is 1.23. The van der Waals surface area contributed by atoms with Gasteiger partial charge in [0.2, 0.25) is 5.91 Å². The van der Waals surface area contributed by atoms with Gasteiger partial charge in [-0.3, -0.25) is 9.59 Å². The highest BCUT2D eigenvalue weighted by molar-refractivity contribution is 8.01. The summed E-state index contributed by atoms with van der Waals surface area (Å²) in [5, 5.41) is 11.7. The van der Waals surface area contributed by atoms with Crippen LogP contribution in [0.3, 0.4) is 0 Å². The molecule has 0 fully saturated rings. The van der Waals surface area contributed by atoms with Gasteiger partial charge in [-0.2, -0.15) is 0 Å². The van der Waals surface area contributed by atoms with E-state index in [1.807, 2.05) is 31.2 Å². The molecule has 0 spiro atoms. The number of anilines is 1. The minimum absolute atomic E-state index is 0.155. The molecule has 5 nitrogen and oxygen atoms in total. The Balaban J connectivity index is 2.56. The van der Waals surface area contributed by atoms with Gasteiger partial charge in [0.25, 0.3) is 0 Å². The van der Waals surface area contributed by atoms with Crippen LogP contribution in [-0.4, -0.2) is 33.5 Å². The maximum atomic E-state index is 11.9. The number of hydrogen-bond donors (Lipinski definition) is 3. The van der Waals surface area contributed by atoms with Gasteiger partial charge in [-0.15, -0.1) is 11.8 Å². The SMILES string of the molecule is Cc1ccccc1NC(=O)CSC(C)(C)[C@@H](N)C(=O)O. The molecule has 1 rings (SSSR count). The van der Waals surface area contributed by atoms with E-state index in [-0.39, 0.29) is 11.7 Å². The third-order valence-electron chi connectivity index (χ3n) is 3.01. The van der Waals surface area contributed by atoms with Crippen molar-refractivity contribution in [3.63, 3.8) is 0 Å². The standard InChI is InChI=1S/C14H20N2O3S/c1-9-6-4-5-7-10(9)16-11(17)8-20-14(2,3)12(15)13(18)19/h4-7,12H,8,15H2,1-3H3,(H,16,17)(H,18,19)/t12-/m0/s1. The van der Waals surface area contributed by atoms with E-state index in [0.717, 1.165) is 11.3 Å². The lowest BCUT2D eigenvalue weighted by Crippen LogP contribution is -2.47. The van der Waals surface area contributed by atoms with Gasteiger partial charge in [0.15, 0.2) is 0 Å². The number of carbonyl (C=O) groups excluding carboxylic acids is 1. The number of rotatable bonds is 6. The minimum atomic E-state index is -1.07. The second kappa shape index (κ2) is 6.76. The summed E-state index contributed by atoms with van der Waals surface area (Å²) in [4.78, 5) is 22.8. The van der Waals surface area contributed by atoms with Gasteiger partial charge in [-0.1, -0.05) is 18.2 Å². The van der Waals surface area contributed by atoms with E-state index < -0.39 is 16.8 Å². The van der Waals surface area contributed by atoms with E-state index >= 15 is 0 Å². The predicted molar refractivity (Wildman–Crippen MR) is 82.0 cm³/mol. The second-order valence-corrected chi connectivity index (χ2v) is 6.70. The Kier molecular flexibility index (Phi) is 5.59. The molecule has 1 amide bonds. The smallest absolute Gasteiger partial charge is 0.321 e. The fourth-order valence-electron chi connectivity index (χ4n) is 1.54. The van der Waals surface area contributed by atoms with Crippen LogP contribution in [0.4, 0.5) is 5.69 Å². The highest BCUT2D eigenvalue weighted by Crippen LogP contribution is 2.27. The summed E-state index contributed by atoms with van der Waals surface area (Å²) in [6.45, 7) is 5.35. The van der Waals surface area contributed by atoms with E-state index in [0.29, 0.717) is 0 Å². The predicted octanol–water partition coefficient (Wildman–Crippen LogP) is 1.86. The maximum absolute atomic E-state index is 11.9. The topological polar surface area (TPSA) is 92.4 Å². The van der Waals surface area contributed by atoms with Crippen LogP contribution in [0.1, 0.15) is 19.4 Å². The lowest BCUT2D eigenvalue weighted by Gasteiger charge is -2.27. The number of benzene rings is 1. The number of nitrogens with two attached hydrogens (primary N) is 1. The van der Waals surface area contributed by atoms with Gasteiger partial charge in [-0.05, 0) is 32.4 Å². The largest absolute Gasteiger partial charge is 0.480 e. The average Bonchev–Trinajstić information content (AvgIpc) is 2.38. The Morgan fingerprint density at radius 3 is 2.55 bits per heavy atom. The van der Waals surface area contributed by atoms with Gasteiger partial charge in [0, 0.05) is 10.4 Å². The fourth-order valence-corrected chi connectivity index (χ4v) is 2.39. The number of nitrogens with one attached hydrogen (secondary N) is 1. The van der Waals surface area contributed by atoms with Crippen molar-refractivity contribution >= 4 is 29.3 Å². The third kappa shape index (κ3) is 4.54. The summed E-state index contributed by atoms with van der Waals surface area (Å²) in [5.74, 6) is -1.08. The molecule has 0 bridgehead atoms. The monoisotopic (exact) mass is 296 g/mol. The van der Waals surface area contributed by atoms with Crippen LogP contribution in [0.5, 0.6) is 0 Å². The number of aliphatic carboxylic acids is 1. The molecule has 1 aromatic carbocycles. The Morgan fingerprint density at radius 1 is 1.40 bits per heavy atom. The summed E-state index contributed by atoms with van der Waals surface area (Å²) < 4.78 is -0.713. The van der Waals surface area contributed by atoms with Gasteiger partial charge in [0.1, 0.15) is 6.04 Å². The molecule has 1 atom stereocenters. The molecule has 110 valence electrons. The van der Waals surface area contributed by atoms with Crippen molar-refractivity contribution in [2.24, 2.45) is 5.73 Å². The van der Waals surface area contributed by atoms with Crippen LogP contribution in [0.25, 0.3) is 0 Å². The number of hydrogen-bond acceptors (Lipinski definition) is 4. The highest BCUT2D eigenvalue weighted by atomic mass is 32.2. The lowest BCUT2D eigenvalue weighted by atomic mass is 10.1. The molecule has 0 heterocycles. The molecule has 0 aliphatic heterocycles. The van der Waals surface area contributed by atoms with Crippen molar-refractivity contribution < 1.29 is 14.7 Å². The molecule has 0 aromatic heterocycles. The zero-order valence-corrected chi connectivity index (χ0v) is 12.7. The Labute approximate surface area is 122 Å². The molecule has 0 radical (unpaired) electrons. The molecule has 4 N–H and O–H groups in total. The van der Waals surface area contributed by atoms with E-state index in [2.05, 4.69) is 5.32 Å². The quantitative estimate of drug-likeness (QED) is 0.745. The van der Waals surface area contributed by atoms with E-state index in [1.54, 1.807) is 13.8 Å². The van der Waals surface area contributed by atoms with Crippen LogP contribution < -0.4 is 11.1 Å². The Hall–Kier alpha value is -1.53. The fraction of sp³-hybridized carbons (Fsp3) is 0.429. The zero-order valence-electron chi connectivity index (χ0n) is 11.8. The maximum Gasteiger partial charge on any atom is 0.321 e. The van der Waals surface area contributed by atoms with Crippen molar-refractivity contribution in [2.45, 2.75) is 31.6 Å². The van der Waals surface area contributed by atoms with Crippen LogP contribution >= 0.6 is 11.8 Å². The molecule has 0 saturated carbocycles. The molecule has 6 heteroatoms. The first kappa shape index (κ1) is 16.5. The molecular weight excluding hydrogens is 276 g/mol. The molecular formula is C14H20N2O3S. The molecule has 0 unspecified atom stereocenters. The molecule has 0 saturated heterocycles. The molecule has 0 aliphatic rings. The summed E-state index contributed by atoms with van der Waals surface area (Å²) in [7, 11) is 0.